The fourth-order valence-corrected chi connectivity index (χ4v) is 6.17. The Balaban J connectivity index is 1.49. The van der Waals surface area contributed by atoms with E-state index in [2.05, 4.69) is 20.0 Å². The molecule has 0 radical (unpaired) electrons. The third-order valence-corrected chi connectivity index (χ3v) is 8.59. The average Bonchev–Trinajstić information content (AvgIpc) is 3.38. The van der Waals surface area contributed by atoms with Gasteiger partial charge in [0.25, 0.3) is 5.56 Å². The van der Waals surface area contributed by atoms with Crippen molar-refractivity contribution in [1.82, 2.24) is 24.6 Å². The van der Waals surface area contributed by atoms with Crippen molar-refractivity contribution in [1.29, 1.82) is 0 Å². The van der Waals surface area contributed by atoms with Crippen LogP contribution in [0.3, 0.4) is 0 Å². The summed E-state index contributed by atoms with van der Waals surface area (Å²) >= 11 is 6.18. The number of aromatic amines is 1. The number of carbonyl (C=O) groups excluding carboxylic acids is 1. The van der Waals surface area contributed by atoms with Crippen LogP contribution in [-0.2, 0) is 23.4 Å². The first kappa shape index (κ1) is 31.9. The van der Waals surface area contributed by atoms with Crippen molar-refractivity contribution in [3.8, 4) is 5.75 Å². The molecule has 0 bridgehead atoms. The van der Waals surface area contributed by atoms with Crippen LogP contribution in [0.2, 0.25) is 0 Å². The first-order valence-corrected chi connectivity index (χ1v) is 15.8. The molecule has 0 spiro atoms. The van der Waals surface area contributed by atoms with Crippen LogP contribution < -0.4 is 20.9 Å². The number of nitrogen functional groups attached to an aromatic ring is 1. The second-order valence-corrected chi connectivity index (χ2v) is 12.0. The summed E-state index contributed by atoms with van der Waals surface area (Å²) in [5.74, 6) is -0.613. The van der Waals surface area contributed by atoms with E-state index in [-0.39, 0.29) is 34.8 Å². The van der Waals surface area contributed by atoms with Crippen molar-refractivity contribution in [3.05, 3.63) is 47.0 Å². The number of alkyl halides is 1. The highest BCUT2D eigenvalue weighted by molar-refractivity contribution is 7.52. The van der Waals surface area contributed by atoms with Gasteiger partial charge in [0.15, 0.2) is 17.4 Å². The lowest BCUT2D eigenvalue weighted by atomic mass is 9.98. The number of esters is 1. The Bertz CT molecular complexity index is 1430. The lowest BCUT2D eigenvalue weighted by Gasteiger charge is -2.29. The Hall–Kier alpha value is -3.00. The van der Waals surface area contributed by atoms with Crippen LogP contribution in [0, 0.1) is 0 Å². The van der Waals surface area contributed by atoms with E-state index in [0.29, 0.717) is 0 Å². The molecule has 0 aliphatic heterocycles. The highest BCUT2D eigenvalue weighted by Crippen LogP contribution is 2.45. The molecule has 3 aromatic rings. The molecule has 0 amide bonds. The number of carbonyl (C=O) groups is 1. The molecule has 42 heavy (non-hydrogen) atoms. The van der Waals surface area contributed by atoms with Crippen LogP contribution in [0.25, 0.3) is 11.2 Å². The number of H-pyrrole nitrogens is 1. The maximum atomic E-state index is 13.9. The van der Waals surface area contributed by atoms with Crippen LogP contribution in [0.1, 0.15) is 52.2 Å². The number of benzene rings is 1. The van der Waals surface area contributed by atoms with Gasteiger partial charge in [0, 0.05) is 0 Å². The molecule has 2 aromatic heterocycles. The summed E-state index contributed by atoms with van der Waals surface area (Å²) in [5.41, 5.74) is 5.29. The number of nitrogens with two attached hydrogens (primary N) is 1. The molecule has 14 nitrogen and oxygen atoms in total. The standard InChI is InChI=1S/C26H36ClN6O8P/c1-16(25(36)39-18-9-5-3-6-10-18)32-42(37,41-19-11-7-4-8-12-19)38-14-20(17(2)34)40-21(13-27)33-15-29-22-23(33)30-26(28)31-24(22)35/h4,7-8,11-12,15-18,20-21,34H,3,5-6,9-10,13-14H2,1-2H3,(H,32,37)(H3,28,30,31,35)/t16?,17-,20+,21+,42?/m0/s1. The number of nitrogens with one attached hydrogen (secondary N) is 2. The third kappa shape index (κ3) is 8.30. The molecule has 4 rings (SSSR count). The Morgan fingerprint density at radius 2 is 1.98 bits per heavy atom. The van der Waals surface area contributed by atoms with Crippen molar-refractivity contribution in [2.75, 3.05) is 18.2 Å². The van der Waals surface area contributed by atoms with Gasteiger partial charge in [-0.25, -0.2) is 9.55 Å². The number of para-hydroxylation sites is 1. The highest BCUT2D eigenvalue weighted by atomic mass is 35.5. The zero-order valence-corrected chi connectivity index (χ0v) is 25.0. The van der Waals surface area contributed by atoms with Crippen LogP contribution >= 0.6 is 19.3 Å². The molecule has 1 aromatic carbocycles. The maximum absolute atomic E-state index is 13.9. The average molecular weight is 627 g/mol. The van der Waals surface area contributed by atoms with E-state index < -0.39 is 50.4 Å². The highest BCUT2D eigenvalue weighted by Gasteiger charge is 2.35. The predicted molar refractivity (Wildman–Crippen MR) is 155 cm³/mol. The van der Waals surface area contributed by atoms with Gasteiger partial charge >= 0.3 is 13.7 Å². The van der Waals surface area contributed by atoms with Gasteiger partial charge in [0.05, 0.1) is 24.9 Å². The number of imidazole rings is 1. The molecule has 1 fully saturated rings. The Morgan fingerprint density at radius 1 is 1.26 bits per heavy atom. The summed E-state index contributed by atoms with van der Waals surface area (Å²) in [6.45, 7) is 2.52. The maximum Gasteiger partial charge on any atom is 0.459 e. The largest absolute Gasteiger partial charge is 0.461 e. The van der Waals surface area contributed by atoms with Crippen molar-refractivity contribution in [2.24, 2.45) is 0 Å². The molecule has 5 N–H and O–H groups in total. The number of ether oxygens (including phenoxy) is 2. The zero-order valence-electron chi connectivity index (χ0n) is 23.3. The van der Waals surface area contributed by atoms with E-state index in [1.54, 1.807) is 30.3 Å². The summed E-state index contributed by atoms with van der Waals surface area (Å²) in [7, 11) is -4.23. The van der Waals surface area contributed by atoms with Crippen LogP contribution in [0.4, 0.5) is 5.95 Å². The lowest BCUT2D eigenvalue weighted by Crippen LogP contribution is -2.39. The molecular formula is C26H36ClN6O8P. The minimum atomic E-state index is -4.23. The number of aliphatic hydroxyl groups is 1. The minimum Gasteiger partial charge on any atom is -0.461 e. The summed E-state index contributed by atoms with van der Waals surface area (Å²) in [6.07, 6.45) is 2.56. The van der Waals surface area contributed by atoms with Gasteiger partial charge in [0.2, 0.25) is 5.95 Å². The molecular weight excluding hydrogens is 591 g/mol. The number of hydrogen-bond acceptors (Lipinski definition) is 11. The molecule has 230 valence electrons. The zero-order chi connectivity index (χ0) is 30.3. The molecule has 5 atom stereocenters. The van der Waals surface area contributed by atoms with Crippen LogP contribution in [-0.4, -0.2) is 67.4 Å². The Morgan fingerprint density at radius 3 is 2.64 bits per heavy atom. The SMILES string of the molecule is CC(NP(=O)(OC[C@@H](O[C@H](CCl)n1cnc2c(=O)[nH]c(N)nc21)[C@H](C)O)Oc1ccccc1)C(=O)OC1CCCCC1. The van der Waals surface area contributed by atoms with E-state index in [4.69, 9.17) is 35.9 Å². The van der Waals surface area contributed by atoms with E-state index in [9.17, 15) is 19.3 Å². The van der Waals surface area contributed by atoms with Gasteiger partial charge in [-0.2, -0.15) is 10.1 Å². The number of fused-ring (bicyclic) bond motifs is 1. The topological polar surface area (TPSA) is 193 Å². The number of rotatable bonds is 14. The van der Waals surface area contributed by atoms with Crippen molar-refractivity contribution in [3.63, 3.8) is 0 Å². The molecule has 0 saturated heterocycles. The van der Waals surface area contributed by atoms with Crippen LogP contribution in [0.5, 0.6) is 5.75 Å². The molecule has 16 heteroatoms. The number of aliphatic hydroxyl groups excluding tert-OH is 1. The minimum absolute atomic E-state index is 0.0202. The van der Waals surface area contributed by atoms with Crippen molar-refractivity contribution >= 4 is 42.4 Å². The summed E-state index contributed by atoms with van der Waals surface area (Å²) < 4.78 is 38.4. The second-order valence-electron chi connectivity index (χ2n) is 10.0. The first-order valence-electron chi connectivity index (χ1n) is 13.7. The number of hydrogen-bond donors (Lipinski definition) is 4. The Kier molecular flexibility index (Phi) is 11.0. The van der Waals surface area contributed by atoms with Gasteiger partial charge in [-0.05, 0) is 51.7 Å². The van der Waals surface area contributed by atoms with E-state index >= 15 is 0 Å². The predicted octanol–water partition coefficient (Wildman–Crippen LogP) is 3.26. The number of anilines is 1. The van der Waals surface area contributed by atoms with E-state index in [0.717, 1.165) is 32.1 Å². The quantitative estimate of drug-likeness (QED) is 0.116. The fourth-order valence-electron chi connectivity index (χ4n) is 4.44. The normalized spacial score (nSPS) is 18.6. The number of halogens is 1. The monoisotopic (exact) mass is 626 g/mol. The molecule has 2 heterocycles. The molecule has 1 aliphatic rings. The van der Waals surface area contributed by atoms with Gasteiger partial charge in [-0.1, -0.05) is 24.6 Å². The smallest absolute Gasteiger partial charge is 0.459 e. The molecule has 1 aliphatic carbocycles. The van der Waals surface area contributed by atoms with E-state index in [1.807, 2.05) is 0 Å². The summed E-state index contributed by atoms with van der Waals surface area (Å²) in [5, 5.41) is 13.2. The van der Waals surface area contributed by atoms with Crippen LogP contribution in [0.15, 0.2) is 41.5 Å². The second kappa shape index (κ2) is 14.5. The van der Waals surface area contributed by atoms with Gasteiger partial charge in [-0.15, -0.1) is 11.6 Å². The number of aromatic nitrogens is 4. The van der Waals surface area contributed by atoms with Crippen molar-refractivity contribution in [2.45, 2.75) is 76.5 Å². The van der Waals surface area contributed by atoms with Gasteiger partial charge < -0.3 is 24.8 Å². The van der Waals surface area contributed by atoms with Gasteiger partial charge in [-0.3, -0.25) is 23.7 Å². The van der Waals surface area contributed by atoms with Crippen molar-refractivity contribution < 1.29 is 33.0 Å². The summed E-state index contributed by atoms with van der Waals surface area (Å²) in [6, 6.07) is 7.27. The molecule has 1 saturated carbocycles. The fraction of sp³-hybridized carbons (Fsp3) is 0.538. The molecule has 2 unspecified atom stereocenters. The first-order chi connectivity index (χ1) is 20.1. The van der Waals surface area contributed by atoms with Gasteiger partial charge in [0.1, 0.15) is 24.0 Å². The third-order valence-electron chi connectivity index (χ3n) is 6.68. The lowest BCUT2D eigenvalue weighted by molar-refractivity contribution is -0.152. The summed E-state index contributed by atoms with van der Waals surface area (Å²) in [4.78, 5) is 35.5. The Labute approximate surface area is 247 Å². The van der Waals surface area contributed by atoms with E-state index in [1.165, 1.54) is 24.7 Å². The number of nitrogens with zero attached hydrogens (tertiary/aromatic N) is 3.